The first kappa shape index (κ1) is 15.2. The lowest BCUT2D eigenvalue weighted by Crippen LogP contribution is -2.04. The van der Waals surface area contributed by atoms with Crippen LogP contribution < -0.4 is 0 Å². The fourth-order valence-corrected chi connectivity index (χ4v) is 3.37. The number of hydrogen-bond donors (Lipinski definition) is 1. The number of aromatic amines is 1. The number of benzene rings is 1. The van der Waals surface area contributed by atoms with Gasteiger partial charge in [-0.1, -0.05) is 16.8 Å². The van der Waals surface area contributed by atoms with E-state index in [1.165, 1.54) is 11.3 Å². The Hall–Kier alpha value is -2.32. The Labute approximate surface area is 141 Å². The topological polar surface area (TPSA) is 54.7 Å². The first-order valence-electron chi connectivity index (χ1n) is 6.69. The molecule has 0 aliphatic rings. The van der Waals surface area contributed by atoms with Crippen molar-refractivity contribution in [2.45, 2.75) is 6.18 Å². The van der Waals surface area contributed by atoms with Gasteiger partial charge in [-0.05, 0) is 29.6 Å². The van der Waals surface area contributed by atoms with E-state index >= 15 is 0 Å². The van der Waals surface area contributed by atoms with Crippen LogP contribution in [-0.2, 0) is 6.18 Å². The third-order valence-electron chi connectivity index (χ3n) is 3.52. The summed E-state index contributed by atoms with van der Waals surface area (Å²) in [5, 5.41) is 6.10. The summed E-state index contributed by atoms with van der Waals surface area (Å²) >= 11 is 7.59. The van der Waals surface area contributed by atoms with Crippen LogP contribution in [0.1, 0.15) is 5.89 Å². The Morgan fingerprint density at radius 1 is 1.17 bits per heavy atom. The number of aromatic nitrogens is 3. The van der Waals surface area contributed by atoms with Crippen molar-refractivity contribution in [2.24, 2.45) is 0 Å². The molecule has 3 heterocycles. The molecule has 4 rings (SSSR count). The van der Waals surface area contributed by atoms with Crippen molar-refractivity contribution >= 4 is 33.8 Å². The van der Waals surface area contributed by atoms with Gasteiger partial charge in [0.2, 0.25) is 5.82 Å². The molecule has 0 fully saturated rings. The van der Waals surface area contributed by atoms with Gasteiger partial charge in [0.25, 0.3) is 0 Å². The molecule has 0 bridgehead atoms. The van der Waals surface area contributed by atoms with Crippen molar-refractivity contribution in [3.8, 4) is 22.5 Å². The van der Waals surface area contributed by atoms with Crippen molar-refractivity contribution < 1.29 is 17.7 Å². The third kappa shape index (κ3) is 2.47. The molecule has 0 aliphatic heterocycles. The maximum absolute atomic E-state index is 12.6. The number of alkyl halides is 3. The maximum Gasteiger partial charge on any atom is 0.471 e. The second-order valence-electron chi connectivity index (χ2n) is 4.99. The summed E-state index contributed by atoms with van der Waals surface area (Å²) in [6, 6.07) is 6.97. The average Bonchev–Trinajstić information content (AvgIpc) is 3.23. The van der Waals surface area contributed by atoms with Gasteiger partial charge < -0.3 is 9.51 Å². The largest absolute Gasteiger partial charge is 0.471 e. The van der Waals surface area contributed by atoms with Crippen LogP contribution in [0.25, 0.3) is 33.4 Å². The molecule has 0 atom stereocenters. The van der Waals surface area contributed by atoms with Crippen LogP contribution in [0.5, 0.6) is 0 Å². The van der Waals surface area contributed by atoms with Gasteiger partial charge >= 0.3 is 12.1 Å². The van der Waals surface area contributed by atoms with E-state index in [1.807, 2.05) is 11.4 Å². The second kappa shape index (κ2) is 5.35. The minimum absolute atomic E-state index is 0.118. The zero-order chi connectivity index (χ0) is 16.9. The molecule has 1 aromatic carbocycles. The van der Waals surface area contributed by atoms with Gasteiger partial charge in [-0.15, -0.1) is 11.3 Å². The molecule has 4 aromatic rings. The summed E-state index contributed by atoms with van der Waals surface area (Å²) in [5.41, 5.74) is 2.97. The number of halogens is 4. The average molecular weight is 370 g/mol. The lowest BCUT2D eigenvalue weighted by atomic mass is 10.1. The Morgan fingerprint density at radius 3 is 2.67 bits per heavy atom. The first-order valence-corrected chi connectivity index (χ1v) is 7.95. The second-order valence-corrected chi connectivity index (χ2v) is 6.51. The highest BCUT2D eigenvalue weighted by Gasteiger charge is 2.38. The fraction of sp³-hybridized carbons (Fsp3) is 0.0667. The van der Waals surface area contributed by atoms with Gasteiger partial charge in [0.1, 0.15) is 4.34 Å². The number of H-pyrrole nitrogens is 1. The molecular weight excluding hydrogens is 363 g/mol. The first-order chi connectivity index (χ1) is 11.4. The SMILES string of the molecule is FC(F)(F)c1nc(-c2ccc3[nH]cc(-c4ccsc4Cl)c3c2)no1. The lowest BCUT2D eigenvalue weighted by molar-refractivity contribution is -0.159. The van der Waals surface area contributed by atoms with E-state index in [0.717, 1.165) is 22.0 Å². The minimum atomic E-state index is -4.67. The molecular formula is C15H7ClF3N3OS. The molecule has 0 spiro atoms. The van der Waals surface area contributed by atoms with E-state index in [-0.39, 0.29) is 5.82 Å². The number of nitrogens with one attached hydrogen (secondary N) is 1. The lowest BCUT2D eigenvalue weighted by Gasteiger charge is -2.00. The Kier molecular flexibility index (Phi) is 3.40. The number of nitrogens with zero attached hydrogens (tertiary/aromatic N) is 2. The molecule has 0 aliphatic carbocycles. The maximum atomic E-state index is 12.6. The van der Waals surface area contributed by atoms with Crippen molar-refractivity contribution in [2.75, 3.05) is 0 Å². The summed E-state index contributed by atoms with van der Waals surface area (Å²) in [4.78, 5) is 6.53. The molecule has 0 amide bonds. The smallest absolute Gasteiger partial charge is 0.361 e. The Balaban J connectivity index is 1.84. The molecule has 3 aromatic heterocycles. The summed E-state index contributed by atoms with van der Waals surface area (Å²) in [6.07, 6.45) is -2.86. The molecule has 1 N–H and O–H groups in total. The third-order valence-corrected chi connectivity index (χ3v) is 4.69. The van der Waals surface area contributed by atoms with Gasteiger partial charge in [0.05, 0.1) is 0 Å². The minimum Gasteiger partial charge on any atom is -0.361 e. The highest BCUT2D eigenvalue weighted by molar-refractivity contribution is 7.15. The van der Waals surface area contributed by atoms with E-state index < -0.39 is 12.1 Å². The van der Waals surface area contributed by atoms with Crippen LogP contribution in [-0.4, -0.2) is 15.1 Å². The number of fused-ring (bicyclic) bond motifs is 1. The van der Waals surface area contributed by atoms with Crippen LogP contribution in [0, 0.1) is 0 Å². The molecule has 4 nitrogen and oxygen atoms in total. The zero-order valence-corrected chi connectivity index (χ0v) is 13.3. The summed E-state index contributed by atoms with van der Waals surface area (Å²) in [5.74, 6) is -1.49. The molecule has 0 unspecified atom stereocenters. The van der Waals surface area contributed by atoms with Crippen molar-refractivity contribution in [3.05, 3.63) is 46.1 Å². The monoisotopic (exact) mass is 369 g/mol. The molecule has 24 heavy (non-hydrogen) atoms. The van der Waals surface area contributed by atoms with Crippen LogP contribution in [0.15, 0.2) is 40.4 Å². The highest BCUT2D eigenvalue weighted by Crippen LogP contribution is 2.38. The van der Waals surface area contributed by atoms with Gasteiger partial charge in [-0.25, -0.2) is 0 Å². The number of rotatable bonds is 2. The highest BCUT2D eigenvalue weighted by atomic mass is 35.5. The Morgan fingerprint density at radius 2 is 2.00 bits per heavy atom. The van der Waals surface area contributed by atoms with Crippen LogP contribution >= 0.6 is 22.9 Å². The van der Waals surface area contributed by atoms with Gasteiger partial charge in [-0.3, -0.25) is 0 Å². The Bertz CT molecular complexity index is 1030. The standard InChI is InChI=1S/C15H7ClF3N3OS/c16-12-8(3-4-24-12)10-6-20-11-2-1-7(5-9(10)11)13-21-14(23-22-13)15(17,18)19/h1-6,20H. The fourth-order valence-electron chi connectivity index (χ4n) is 2.42. The summed E-state index contributed by atoms with van der Waals surface area (Å²) in [7, 11) is 0. The molecule has 9 heteroatoms. The van der Waals surface area contributed by atoms with Gasteiger partial charge in [0.15, 0.2) is 0 Å². The molecule has 0 saturated heterocycles. The summed E-state index contributed by atoms with van der Waals surface area (Å²) in [6.45, 7) is 0. The van der Waals surface area contributed by atoms with E-state index in [9.17, 15) is 13.2 Å². The predicted octanol–water partition coefficient (Wildman–Crippen LogP) is 5.62. The normalized spacial score (nSPS) is 12.2. The van der Waals surface area contributed by atoms with Crippen LogP contribution in [0.2, 0.25) is 4.34 Å². The quantitative estimate of drug-likeness (QED) is 0.499. The molecule has 0 saturated carbocycles. The van der Waals surface area contributed by atoms with Crippen molar-refractivity contribution in [1.29, 1.82) is 0 Å². The number of thiophene rings is 1. The zero-order valence-electron chi connectivity index (χ0n) is 11.7. The summed E-state index contributed by atoms with van der Waals surface area (Å²) < 4.78 is 42.7. The van der Waals surface area contributed by atoms with E-state index in [4.69, 9.17) is 11.6 Å². The molecule has 122 valence electrons. The van der Waals surface area contributed by atoms with E-state index in [1.54, 1.807) is 24.4 Å². The van der Waals surface area contributed by atoms with Gasteiger partial charge in [0, 0.05) is 33.8 Å². The van der Waals surface area contributed by atoms with Gasteiger partial charge in [-0.2, -0.15) is 18.2 Å². The van der Waals surface area contributed by atoms with Crippen molar-refractivity contribution in [3.63, 3.8) is 0 Å². The molecule has 0 radical (unpaired) electrons. The van der Waals surface area contributed by atoms with E-state index in [0.29, 0.717) is 9.90 Å². The van der Waals surface area contributed by atoms with Crippen LogP contribution in [0.4, 0.5) is 13.2 Å². The van der Waals surface area contributed by atoms with Crippen LogP contribution in [0.3, 0.4) is 0 Å². The predicted molar refractivity (Wildman–Crippen MR) is 84.9 cm³/mol. The van der Waals surface area contributed by atoms with E-state index in [2.05, 4.69) is 19.6 Å². The number of hydrogen-bond acceptors (Lipinski definition) is 4. The van der Waals surface area contributed by atoms with Crippen molar-refractivity contribution in [1.82, 2.24) is 15.1 Å².